The molecule has 1 aromatic heterocycles. The summed E-state index contributed by atoms with van der Waals surface area (Å²) in [5.41, 5.74) is 6.15. The molecule has 0 saturated heterocycles. The molecule has 76 valence electrons. The largest absolute Gasteiger partial charge is 0.388 e. The van der Waals surface area contributed by atoms with Crippen LogP contribution in [0.4, 0.5) is 5.82 Å². The molecule has 0 aliphatic heterocycles. The molecule has 3 nitrogen and oxygen atoms in total. The van der Waals surface area contributed by atoms with Gasteiger partial charge in [0.25, 0.3) is 0 Å². The lowest BCUT2D eigenvalue weighted by molar-refractivity contribution is 0.759. The van der Waals surface area contributed by atoms with Gasteiger partial charge < -0.3 is 11.1 Å². The highest BCUT2D eigenvalue weighted by Crippen LogP contribution is 2.07. The van der Waals surface area contributed by atoms with Gasteiger partial charge in [-0.05, 0) is 25.5 Å². The molecule has 14 heavy (non-hydrogen) atoms. The van der Waals surface area contributed by atoms with Crippen LogP contribution >= 0.6 is 12.2 Å². The van der Waals surface area contributed by atoms with Gasteiger partial charge in [-0.15, -0.1) is 0 Å². The smallest absolute Gasteiger partial charge is 0.126 e. The molecular formula is C10H15N3S. The van der Waals surface area contributed by atoms with Crippen LogP contribution in [0, 0.1) is 0 Å². The minimum Gasteiger partial charge on any atom is -0.388 e. The Labute approximate surface area is 89.7 Å². The fraction of sp³-hybridized carbons (Fsp3) is 0.400. The Kier molecular flexibility index (Phi) is 3.83. The molecule has 0 spiro atoms. The van der Waals surface area contributed by atoms with E-state index in [1.165, 1.54) is 0 Å². The van der Waals surface area contributed by atoms with E-state index < -0.39 is 0 Å². The Hall–Kier alpha value is -1.16. The summed E-state index contributed by atoms with van der Waals surface area (Å²) in [4.78, 5) is 4.61. The summed E-state index contributed by atoms with van der Waals surface area (Å²) in [6.07, 6.45) is 1.05. The molecule has 0 fully saturated rings. The first kappa shape index (κ1) is 10.9. The first-order valence-electron chi connectivity index (χ1n) is 4.67. The molecule has 1 unspecified atom stereocenters. The maximum absolute atomic E-state index is 5.49. The van der Waals surface area contributed by atoms with Gasteiger partial charge in [0, 0.05) is 6.04 Å². The Balaban J connectivity index is 2.78. The topological polar surface area (TPSA) is 50.9 Å². The van der Waals surface area contributed by atoms with E-state index in [-0.39, 0.29) is 0 Å². The predicted octanol–water partition coefficient (Wildman–Crippen LogP) is 1.93. The van der Waals surface area contributed by atoms with E-state index in [0.717, 1.165) is 12.2 Å². The van der Waals surface area contributed by atoms with Crippen molar-refractivity contribution in [1.29, 1.82) is 0 Å². The van der Waals surface area contributed by atoms with Gasteiger partial charge >= 0.3 is 0 Å². The van der Waals surface area contributed by atoms with Crippen LogP contribution in [0.25, 0.3) is 0 Å². The third-order valence-electron chi connectivity index (χ3n) is 2.01. The summed E-state index contributed by atoms with van der Waals surface area (Å²) in [5, 5.41) is 3.26. The van der Waals surface area contributed by atoms with Crippen LogP contribution in [0.2, 0.25) is 0 Å². The lowest BCUT2D eigenvalue weighted by Crippen LogP contribution is -2.17. The van der Waals surface area contributed by atoms with Crippen LogP contribution < -0.4 is 11.1 Å². The lowest BCUT2D eigenvalue weighted by atomic mass is 10.2. The molecular weight excluding hydrogens is 194 g/mol. The highest BCUT2D eigenvalue weighted by molar-refractivity contribution is 7.80. The molecule has 0 aromatic carbocycles. The second kappa shape index (κ2) is 4.91. The number of nitrogens with zero attached hydrogens (tertiary/aromatic N) is 1. The minimum atomic E-state index is 0.331. The zero-order chi connectivity index (χ0) is 10.6. The van der Waals surface area contributed by atoms with Crippen molar-refractivity contribution < 1.29 is 0 Å². The van der Waals surface area contributed by atoms with E-state index in [1.54, 1.807) is 0 Å². The second-order valence-corrected chi connectivity index (χ2v) is 3.67. The third-order valence-corrected chi connectivity index (χ3v) is 2.22. The predicted molar refractivity (Wildman–Crippen MR) is 63.5 cm³/mol. The first-order valence-corrected chi connectivity index (χ1v) is 5.07. The third kappa shape index (κ3) is 2.96. The maximum Gasteiger partial charge on any atom is 0.126 e. The number of nitrogens with one attached hydrogen (secondary N) is 1. The van der Waals surface area contributed by atoms with Gasteiger partial charge in [-0.1, -0.05) is 25.2 Å². The van der Waals surface area contributed by atoms with Crippen molar-refractivity contribution in [3.63, 3.8) is 0 Å². The van der Waals surface area contributed by atoms with Gasteiger partial charge in [0.2, 0.25) is 0 Å². The van der Waals surface area contributed by atoms with Crippen molar-refractivity contribution in [2.45, 2.75) is 26.3 Å². The summed E-state index contributed by atoms with van der Waals surface area (Å²) in [7, 11) is 0. The van der Waals surface area contributed by atoms with Crippen molar-refractivity contribution in [2.24, 2.45) is 5.73 Å². The summed E-state index contributed by atoms with van der Waals surface area (Å²) in [6, 6.07) is 6.02. The standard InChI is InChI=1S/C10H15N3S/c1-3-7(2)12-9-6-4-5-8(13-9)10(11)14/h4-7H,3H2,1-2H3,(H2,11,14)(H,12,13). The normalized spacial score (nSPS) is 12.1. The molecule has 1 aromatic rings. The average Bonchev–Trinajstić information content (AvgIpc) is 2.18. The number of hydrogen-bond donors (Lipinski definition) is 2. The number of aromatic nitrogens is 1. The molecule has 1 rings (SSSR count). The summed E-state index contributed by atoms with van der Waals surface area (Å²) in [5.74, 6) is 0.824. The summed E-state index contributed by atoms with van der Waals surface area (Å²) in [6.45, 7) is 4.23. The zero-order valence-corrected chi connectivity index (χ0v) is 9.27. The van der Waals surface area contributed by atoms with Crippen LogP contribution in [-0.2, 0) is 0 Å². The SMILES string of the molecule is CCC(C)Nc1cccc(C(N)=S)n1. The number of pyridine rings is 1. The van der Waals surface area contributed by atoms with Crippen LogP contribution in [0.5, 0.6) is 0 Å². The molecule has 0 aliphatic rings. The molecule has 0 saturated carbocycles. The lowest BCUT2D eigenvalue weighted by Gasteiger charge is -2.12. The van der Waals surface area contributed by atoms with Crippen LogP contribution in [0.15, 0.2) is 18.2 Å². The van der Waals surface area contributed by atoms with Gasteiger partial charge in [-0.3, -0.25) is 0 Å². The molecule has 1 heterocycles. The number of rotatable bonds is 4. The van der Waals surface area contributed by atoms with E-state index >= 15 is 0 Å². The van der Waals surface area contributed by atoms with E-state index in [2.05, 4.69) is 24.1 Å². The molecule has 3 N–H and O–H groups in total. The molecule has 0 bridgehead atoms. The number of hydrogen-bond acceptors (Lipinski definition) is 3. The molecule has 0 aliphatic carbocycles. The first-order chi connectivity index (χ1) is 6.63. The van der Waals surface area contributed by atoms with Crippen LogP contribution in [0.1, 0.15) is 26.0 Å². The molecule has 0 amide bonds. The monoisotopic (exact) mass is 209 g/mol. The van der Waals surface area contributed by atoms with Gasteiger partial charge in [-0.2, -0.15) is 0 Å². The fourth-order valence-corrected chi connectivity index (χ4v) is 1.12. The second-order valence-electron chi connectivity index (χ2n) is 3.23. The van der Waals surface area contributed by atoms with Gasteiger partial charge in [0.05, 0.1) is 5.69 Å². The van der Waals surface area contributed by atoms with Gasteiger partial charge in [0.1, 0.15) is 10.8 Å². The zero-order valence-electron chi connectivity index (χ0n) is 8.45. The minimum absolute atomic E-state index is 0.331. The van der Waals surface area contributed by atoms with E-state index in [1.807, 2.05) is 18.2 Å². The molecule has 1 atom stereocenters. The van der Waals surface area contributed by atoms with Gasteiger partial charge in [-0.25, -0.2) is 4.98 Å². The van der Waals surface area contributed by atoms with Crippen molar-refractivity contribution in [2.75, 3.05) is 5.32 Å². The highest BCUT2D eigenvalue weighted by Gasteiger charge is 2.02. The Morgan fingerprint density at radius 1 is 1.64 bits per heavy atom. The fourth-order valence-electron chi connectivity index (χ4n) is 1.01. The summed E-state index contributed by atoms with van der Waals surface area (Å²) < 4.78 is 0. The Morgan fingerprint density at radius 3 is 2.93 bits per heavy atom. The van der Waals surface area contributed by atoms with E-state index in [4.69, 9.17) is 18.0 Å². The van der Waals surface area contributed by atoms with Crippen molar-refractivity contribution in [3.8, 4) is 0 Å². The van der Waals surface area contributed by atoms with Crippen molar-refractivity contribution in [3.05, 3.63) is 23.9 Å². The average molecular weight is 209 g/mol. The Morgan fingerprint density at radius 2 is 2.36 bits per heavy atom. The van der Waals surface area contributed by atoms with E-state index in [0.29, 0.717) is 16.7 Å². The summed E-state index contributed by atoms with van der Waals surface area (Å²) >= 11 is 4.85. The quantitative estimate of drug-likeness (QED) is 0.744. The van der Waals surface area contributed by atoms with Crippen molar-refractivity contribution >= 4 is 23.0 Å². The molecule has 4 heteroatoms. The molecule has 0 radical (unpaired) electrons. The number of nitrogens with two attached hydrogens (primary N) is 1. The van der Waals surface area contributed by atoms with Crippen molar-refractivity contribution in [1.82, 2.24) is 4.98 Å². The highest BCUT2D eigenvalue weighted by atomic mass is 32.1. The number of thiocarbonyl (C=S) groups is 1. The van der Waals surface area contributed by atoms with Crippen LogP contribution in [0.3, 0.4) is 0 Å². The van der Waals surface area contributed by atoms with Gasteiger partial charge in [0.15, 0.2) is 0 Å². The number of anilines is 1. The Bertz CT molecular complexity index is 325. The van der Waals surface area contributed by atoms with Crippen LogP contribution in [-0.4, -0.2) is 16.0 Å². The van der Waals surface area contributed by atoms with E-state index in [9.17, 15) is 0 Å². The maximum atomic E-state index is 5.49.